The molecular weight excluding hydrogens is 344 g/mol. The number of nitrogens with one attached hydrogen (secondary N) is 1. The van der Waals surface area contributed by atoms with E-state index in [2.05, 4.69) is 14.4 Å². The Morgan fingerprint density at radius 2 is 1.75 bits per heavy atom. The van der Waals surface area contributed by atoms with E-state index >= 15 is 0 Å². The zero-order valence-corrected chi connectivity index (χ0v) is 11.3. The second-order valence-electron chi connectivity index (χ2n) is 4.57. The van der Waals surface area contributed by atoms with Crippen molar-refractivity contribution in [3.63, 3.8) is 0 Å². The van der Waals surface area contributed by atoms with E-state index in [0.717, 1.165) is 0 Å². The Hall–Kier alpha value is -2.85. The van der Waals surface area contributed by atoms with Gasteiger partial charge >= 0.3 is 5.76 Å². The molecule has 0 aliphatic carbocycles. The molecule has 0 bridgehead atoms. The number of H-pyrrole nitrogens is 1. The summed E-state index contributed by atoms with van der Waals surface area (Å²) in [6.45, 7) is 0. The molecule has 1 aromatic carbocycles. The highest BCUT2D eigenvalue weighted by molar-refractivity contribution is 5.89. The molecule has 11 heteroatoms. The van der Waals surface area contributed by atoms with Gasteiger partial charge in [-0.2, -0.15) is 0 Å². The summed E-state index contributed by atoms with van der Waals surface area (Å²) in [5.74, 6) is -3.97. The summed E-state index contributed by atoms with van der Waals surface area (Å²) in [7, 11) is 0. The van der Waals surface area contributed by atoms with Gasteiger partial charge in [-0.05, 0) is 6.07 Å². The van der Waals surface area contributed by atoms with Crippen molar-refractivity contribution in [2.45, 2.75) is 12.9 Å². The molecule has 1 N–H and O–H groups in total. The van der Waals surface area contributed by atoms with Gasteiger partial charge in [-0.1, -0.05) is 0 Å². The summed E-state index contributed by atoms with van der Waals surface area (Å²) in [5.41, 5.74) is -4.56. The predicted octanol–water partition coefficient (Wildman–Crippen LogP) is 3.73. The quantitative estimate of drug-likeness (QED) is 0.732. The molecule has 2 heterocycles. The molecule has 24 heavy (non-hydrogen) atoms. The molecule has 3 aromatic rings. The number of oxazole rings is 1. The van der Waals surface area contributed by atoms with Crippen molar-refractivity contribution in [3.8, 4) is 11.3 Å². The van der Waals surface area contributed by atoms with E-state index in [-0.39, 0.29) is 0 Å². The van der Waals surface area contributed by atoms with Crippen molar-refractivity contribution >= 4 is 11.1 Å². The lowest BCUT2D eigenvalue weighted by molar-refractivity contribution is 0.116. The standard InChI is InChI=1S/C13H5F6N3O2/c14-4-1-3(10-7(6(4)15)22-13(23)24-10)5-2-20-8(11(16)17)9(21-5)12(18)19/h1-2,11-12H,(H,22,23). The second-order valence-corrected chi connectivity index (χ2v) is 4.57. The van der Waals surface area contributed by atoms with Crippen molar-refractivity contribution in [1.29, 1.82) is 0 Å². The summed E-state index contributed by atoms with van der Waals surface area (Å²) in [6, 6.07) is 0.537. The summed E-state index contributed by atoms with van der Waals surface area (Å²) in [4.78, 5) is 19.6. The number of nitrogens with zero attached hydrogens (tertiary/aromatic N) is 2. The summed E-state index contributed by atoms with van der Waals surface area (Å²) in [6.07, 6.45) is -6.00. The monoisotopic (exact) mass is 349 g/mol. The number of halogens is 6. The second kappa shape index (κ2) is 5.65. The van der Waals surface area contributed by atoms with Crippen LogP contribution in [-0.2, 0) is 0 Å². The minimum atomic E-state index is -3.37. The Balaban J connectivity index is 2.30. The molecule has 0 amide bonds. The lowest BCUT2D eigenvalue weighted by atomic mass is 10.1. The largest absolute Gasteiger partial charge is 0.417 e. The number of hydrogen-bond acceptors (Lipinski definition) is 4. The van der Waals surface area contributed by atoms with Crippen LogP contribution in [0.1, 0.15) is 24.2 Å². The SMILES string of the molecule is O=c1[nH]c2c(F)c(F)cc(-c3cnc(C(F)F)c(C(F)F)n3)c2o1. The number of benzene rings is 1. The van der Waals surface area contributed by atoms with Crippen LogP contribution in [0.4, 0.5) is 26.3 Å². The summed E-state index contributed by atoms with van der Waals surface area (Å²) < 4.78 is 83.0. The number of aromatic amines is 1. The topological polar surface area (TPSA) is 71.8 Å². The van der Waals surface area contributed by atoms with Gasteiger partial charge in [0.15, 0.2) is 17.2 Å². The van der Waals surface area contributed by atoms with Crippen molar-refractivity contribution in [2.75, 3.05) is 0 Å². The number of rotatable bonds is 3. The van der Waals surface area contributed by atoms with Crippen LogP contribution in [-0.4, -0.2) is 15.0 Å². The number of alkyl halides is 4. The molecule has 0 unspecified atom stereocenters. The third-order valence-electron chi connectivity index (χ3n) is 3.11. The lowest BCUT2D eigenvalue weighted by Gasteiger charge is -2.09. The maximum absolute atomic E-state index is 13.6. The van der Waals surface area contributed by atoms with E-state index in [0.29, 0.717) is 12.3 Å². The first-order valence-corrected chi connectivity index (χ1v) is 6.24. The fraction of sp³-hybridized carbons (Fsp3) is 0.154. The molecule has 0 spiro atoms. The van der Waals surface area contributed by atoms with Crippen molar-refractivity contribution in [2.24, 2.45) is 0 Å². The number of aromatic nitrogens is 3. The third-order valence-corrected chi connectivity index (χ3v) is 3.11. The minimum Gasteiger partial charge on any atom is -0.407 e. The van der Waals surface area contributed by atoms with E-state index in [1.54, 1.807) is 0 Å². The Morgan fingerprint density at radius 3 is 2.38 bits per heavy atom. The van der Waals surface area contributed by atoms with Gasteiger partial charge in [0.05, 0.1) is 11.9 Å². The Morgan fingerprint density at radius 1 is 1.08 bits per heavy atom. The molecular formula is C13H5F6N3O2. The van der Waals surface area contributed by atoms with Gasteiger partial charge in [0.2, 0.25) is 0 Å². The van der Waals surface area contributed by atoms with Crippen LogP contribution >= 0.6 is 0 Å². The van der Waals surface area contributed by atoms with Crippen LogP contribution in [0.25, 0.3) is 22.4 Å². The van der Waals surface area contributed by atoms with Crippen molar-refractivity contribution in [3.05, 3.63) is 45.8 Å². The third kappa shape index (κ3) is 2.51. The molecule has 0 radical (unpaired) electrons. The molecule has 3 rings (SSSR count). The Labute approximate surface area is 128 Å². The molecule has 0 saturated heterocycles. The van der Waals surface area contributed by atoms with Crippen molar-refractivity contribution in [1.82, 2.24) is 15.0 Å². The fourth-order valence-electron chi connectivity index (χ4n) is 2.11. The number of hydrogen-bond donors (Lipinski definition) is 1. The van der Waals surface area contributed by atoms with E-state index in [1.165, 1.54) is 0 Å². The van der Waals surface area contributed by atoms with E-state index in [9.17, 15) is 31.1 Å². The average molecular weight is 349 g/mol. The molecule has 5 nitrogen and oxygen atoms in total. The molecule has 0 atom stereocenters. The highest BCUT2D eigenvalue weighted by atomic mass is 19.3. The summed E-state index contributed by atoms with van der Waals surface area (Å²) >= 11 is 0. The van der Waals surface area contributed by atoms with Gasteiger partial charge in [-0.25, -0.2) is 36.1 Å². The smallest absolute Gasteiger partial charge is 0.407 e. The fourth-order valence-corrected chi connectivity index (χ4v) is 2.11. The zero-order chi connectivity index (χ0) is 17.6. The summed E-state index contributed by atoms with van der Waals surface area (Å²) in [5, 5.41) is 0. The Kier molecular flexibility index (Phi) is 3.78. The molecule has 0 aliphatic rings. The van der Waals surface area contributed by atoms with E-state index < -0.39 is 64.0 Å². The number of fused-ring (bicyclic) bond motifs is 1. The molecule has 0 aliphatic heterocycles. The van der Waals surface area contributed by atoms with Gasteiger partial charge in [0.1, 0.15) is 16.9 Å². The maximum Gasteiger partial charge on any atom is 0.417 e. The molecule has 126 valence electrons. The average Bonchev–Trinajstić information content (AvgIpc) is 2.92. The van der Waals surface area contributed by atoms with Gasteiger partial charge in [-0.3, -0.25) is 9.97 Å². The highest BCUT2D eigenvalue weighted by Gasteiger charge is 2.25. The van der Waals surface area contributed by atoms with Crippen LogP contribution in [0.15, 0.2) is 21.5 Å². The van der Waals surface area contributed by atoms with E-state index in [4.69, 9.17) is 0 Å². The van der Waals surface area contributed by atoms with Gasteiger partial charge < -0.3 is 4.42 Å². The first-order valence-electron chi connectivity index (χ1n) is 6.24. The molecule has 2 aromatic heterocycles. The minimum absolute atomic E-state index is 0.391. The molecule has 0 saturated carbocycles. The van der Waals surface area contributed by atoms with E-state index in [1.807, 2.05) is 4.98 Å². The van der Waals surface area contributed by atoms with Gasteiger partial charge in [-0.15, -0.1) is 0 Å². The Bertz CT molecular complexity index is 982. The first-order chi connectivity index (χ1) is 11.3. The van der Waals surface area contributed by atoms with Gasteiger partial charge in [0, 0.05) is 5.56 Å². The van der Waals surface area contributed by atoms with Gasteiger partial charge in [0.25, 0.3) is 12.9 Å². The normalized spacial score (nSPS) is 11.8. The van der Waals surface area contributed by atoms with Crippen LogP contribution < -0.4 is 5.76 Å². The molecule has 0 fully saturated rings. The van der Waals surface area contributed by atoms with Crippen LogP contribution in [0.3, 0.4) is 0 Å². The first kappa shape index (κ1) is 16.0. The predicted molar refractivity (Wildman–Crippen MR) is 67.7 cm³/mol. The lowest BCUT2D eigenvalue weighted by Crippen LogP contribution is -2.04. The zero-order valence-electron chi connectivity index (χ0n) is 11.3. The van der Waals surface area contributed by atoms with Crippen LogP contribution in [0.5, 0.6) is 0 Å². The van der Waals surface area contributed by atoms with Crippen molar-refractivity contribution < 1.29 is 30.8 Å². The van der Waals surface area contributed by atoms with Crippen LogP contribution in [0.2, 0.25) is 0 Å². The maximum atomic E-state index is 13.6. The van der Waals surface area contributed by atoms with Crippen LogP contribution in [0, 0.1) is 11.6 Å². The highest BCUT2D eigenvalue weighted by Crippen LogP contribution is 2.33.